The molecule has 1 saturated heterocycles. The van der Waals surface area contributed by atoms with Crippen molar-refractivity contribution in [3.63, 3.8) is 0 Å². The molecule has 31 heavy (non-hydrogen) atoms. The van der Waals surface area contributed by atoms with Crippen molar-refractivity contribution in [1.82, 2.24) is 14.1 Å². The molecule has 5 rings (SSSR count). The van der Waals surface area contributed by atoms with Gasteiger partial charge in [0.1, 0.15) is 0 Å². The van der Waals surface area contributed by atoms with Crippen LogP contribution in [-0.2, 0) is 16.4 Å². The number of benzene rings is 2. The molecule has 0 amide bonds. The molecule has 3 heterocycles. The minimum Gasteiger partial charge on any atom is -0.237 e. The summed E-state index contributed by atoms with van der Waals surface area (Å²) in [5.74, 6) is 0.478. The molecular weight excluding hydrogens is 430 g/mol. The molecule has 2 aromatic carbocycles. The number of rotatable bonds is 4. The monoisotopic (exact) mass is 455 g/mol. The molecule has 0 N–H and O–H groups in total. The Kier molecular flexibility index (Phi) is 5.19. The van der Waals surface area contributed by atoms with Gasteiger partial charge in [-0.1, -0.05) is 37.6 Å². The summed E-state index contributed by atoms with van der Waals surface area (Å²) in [5.41, 5.74) is 4.48. The predicted octanol–water partition coefficient (Wildman–Crippen LogP) is 5.49. The minimum atomic E-state index is -3.61. The minimum absolute atomic E-state index is 0.0580. The van der Waals surface area contributed by atoms with Crippen LogP contribution in [0.3, 0.4) is 0 Å². The van der Waals surface area contributed by atoms with Crippen molar-refractivity contribution in [3.05, 3.63) is 76.6 Å². The normalized spacial score (nSPS) is 21.3. The number of aromatic nitrogens is 2. The van der Waals surface area contributed by atoms with E-state index in [9.17, 15) is 8.42 Å². The van der Waals surface area contributed by atoms with Gasteiger partial charge in [-0.05, 0) is 67.1 Å². The molecule has 0 saturated carbocycles. The molecule has 2 bridgehead atoms. The summed E-state index contributed by atoms with van der Waals surface area (Å²) in [5, 5.41) is 5.21. The lowest BCUT2D eigenvalue weighted by molar-refractivity contribution is 0.161. The van der Waals surface area contributed by atoms with Gasteiger partial charge in [0.05, 0.1) is 28.5 Å². The van der Waals surface area contributed by atoms with Gasteiger partial charge in [-0.2, -0.15) is 9.40 Å². The van der Waals surface area contributed by atoms with Crippen LogP contribution in [0.4, 0.5) is 0 Å². The van der Waals surface area contributed by atoms with Gasteiger partial charge in [0.25, 0.3) is 0 Å². The molecule has 3 aromatic rings. The van der Waals surface area contributed by atoms with Gasteiger partial charge in [0, 0.05) is 23.0 Å². The molecule has 2 unspecified atom stereocenters. The van der Waals surface area contributed by atoms with Crippen molar-refractivity contribution in [2.24, 2.45) is 0 Å². The van der Waals surface area contributed by atoms with Gasteiger partial charge in [-0.3, -0.25) is 0 Å². The van der Waals surface area contributed by atoms with Crippen molar-refractivity contribution >= 4 is 21.6 Å². The standard InChI is InChI=1S/C24H26ClN3O2S/c1-16(2)17-6-10-19(11-7-17)27-24-14-20-4-3-5-23(22(24)15-26-27)28(20)31(29,30)21-12-8-18(25)9-13-21/h6-13,15-16,20,23H,3-5,14H2,1-2H3. The Morgan fingerprint density at radius 1 is 1.03 bits per heavy atom. The van der Waals surface area contributed by atoms with Gasteiger partial charge < -0.3 is 0 Å². The van der Waals surface area contributed by atoms with Crippen LogP contribution in [0.25, 0.3) is 5.69 Å². The van der Waals surface area contributed by atoms with E-state index in [-0.39, 0.29) is 12.1 Å². The summed E-state index contributed by atoms with van der Waals surface area (Å²) in [6.07, 6.45) is 5.23. The summed E-state index contributed by atoms with van der Waals surface area (Å²) in [4.78, 5) is 0.300. The van der Waals surface area contributed by atoms with Crippen LogP contribution in [-0.4, -0.2) is 28.5 Å². The van der Waals surface area contributed by atoms with E-state index in [4.69, 9.17) is 11.6 Å². The van der Waals surface area contributed by atoms with Crippen LogP contribution in [0.2, 0.25) is 5.02 Å². The lowest BCUT2D eigenvalue weighted by atomic mass is 9.85. The van der Waals surface area contributed by atoms with Crippen LogP contribution in [0, 0.1) is 0 Å². The fourth-order valence-electron chi connectivity index (χ4n) is 4.95. The van der Waals surface area contributed by atoms with E-state index < -0.39 is 10.0 Å². The van der Waals surface area contributed by atoms with Gasteiger partial charge in [-0.15, -0.1) is 0 Å². The zero-order chi connectivity index (χ0) is 21.8. The summed E-state index contributed by atoms with van der Waals surface area (Å²) in [7, 11) is -3.61. The Hall–Kier alpha value is -2.15. The second kappa shape index (κ2) is 7.76. The van der Waals surface area contributed by atoms with Gasteiger partial charge in [-0.25, -0.2) is 13.1 Å². The highest BCUT2D eigenvalue weighted by molar-refractivity contribution is 7.89. The average molecular weight is 456 g/mol. The average Bonchev–Trinajstić information content (AvgIpc) is 3.17. The zero-order valence-electron chi connectivity index (χ0n) is 17.7. The number of nitrogens with zero attached hydrogens (tertiary/aromatic N) is 3. The quantitative estimate of drug-likeness (QED) is 0.522. The lowest BCUT2D eigenvalue weighted by Crippen LogP contribution is -2.49. The predicted molar refractivity (Wildman–Crippen MR) is 122 cm³/mol. The largest absolute Gasteiger partial charge is 0.243 e. The molecule has 7 heteroatoms. The Bertz CT molecular complexity index is 1200. The second-order valence-corrected chi connectivity index (χ2v) is 11.1. The highest BCUT2D eigenvalue weighted by atomic mass is 35.5. The Labute approximate surface area is 188 Å². The maximum Gasteiger partial charge on any atom is 0.243 e. The van der Waals surface area contributed by atoms with E-state index in [2.05, 4.69) is 43.2 Å². The maximum atomic E-state index is 13.6. The summed E-state index contributed by atoms with van der Waals surface area (Å²) < 4.78 is 30.8. The first kappa shape index (κ1) is 20.7. The third-order valence-corrected chi connectivity index (χ3v) is 8.79. The molecule has 2 aliphatic rings. The molecule has 162 valence electrons. The maximum absolute atomic E-state index is 13.6. The van der Waals surface area contributed by atoms with Crippen molar-refractivity contribution in [1.29, 1.82) is 0 Å². The Balaban J connectivity index is 1.54. The van der Waals surface area contributed by atoms with Gasteiger partial charge in [0.15, 0.2) is 0 Å². The van der Waals surface area contributed by atoms with Crippen molar-refractivity contribution < 1.29 is 8.42 Å². The Morgan fingerprint density at radius 2 is 1.74 bits per heavy atom. The highest BCUT2D eigenvalue weighted by Crippen LogP contribution is 2.45. The molecular formula is C24H26ClN3O2S. The number of piperidine rings is 1. The molecule has 5 nitrogen and oxygen atoms in total. The zero-order valence-corrected chi connectivity index (χ0v) is 19.3. The van der Waals surface area contributed by atoms with Crippen LogP contribution < -0.4 is 0 Å². The van der Waals surface area contributed by atoms with Crippen LogP contribution in [0.15, 0.2) is 59.6 Å². The number of hydrogen-bond acceptors (Lipinski definition) is 3. The second-order valence-electron chi connectivity index (χ2n) is 8.80. The van der Waals surface area contributed by atoms with Crippen LogP contribution in [0.1, 0.15) is 61.9 Å². The van der Waals surface area contributed by atoms with E-state index in [0.717, 1.165) is 36.2 Å². The summed E-state index contributed by atoms with van der Waals surface area (Å²) >= 11 is 5.98. The molecule has 1 aromatic heterocycles. The van der Waals surface area contributed by atoms with Gasteiger partial charge >= 0.3 is 0 Å². The van der Waals surface area contributed by atoms with E-state index in [0.29, 0.717) is 22.3 Å². The third kappa shape index (κ3) is 3.51. The molecule has 0 spiro atoms. The molecule has 1 fully saturated rings. The van der Waals surface area contributed by atoms with Crippen molar-refractivity contribution in [2.75, 3.05) is 0 Å². The first-order valence-electron chi connectivity index (χ1n) is 10.8. The fraction of sp³-hybridized carbons (Fsp3) is 0.375. The molecule has 2 atom stereocenters. The number of halogens is 1. The van der Waals surface area contributed by atoms with Crippen molar-refractivity contribution in [3.8, 4) is 5.69 Å². The van der Waals surface area contributed by atoms with Crippen LogP contribution in [0.5, 0.6) is 0 Å². The molecule has 0 aliphatic carbocycles. The number of fused-ring (bicyclic) bond motifs is 4. The topological polar surface area (TPSA) is 55.2 Å². The van der Waals surface area contributed by atoms with Gasteiger partial charge in [0.2, 0.25) is 10.0 Å². The fourth-order valence-corrected chi connectivity index (χ4v) is 6.92. The highest BCUT2D eigenvalue weighted by Gasteiger charge is 2.46. The summed E-state index contributed by atoms with van der Waals surface area (Å²) in [6, 6.07) is 14.8. The van der Waals surface area contributed by atoms with E-state index in [1.165, 1.54) is 5.56 Å². The molecule has 2 aliphatic heterocycles. The Morgan fingerprint density at radius 3 is 2.42 bits per heavy atom. The first-order chi connectivity index (χ1) is 14.9. The number of hydrogen-bond donors (Lipinski definition) is 0. The third-order valence-electron chi connectivity index (χ3n) is 6.56. The van der Waals surface area contributed by atoms with Crippen LogP contribution >= 0.6 is 11.6 Å². The van der Waals surface area contributed by atoms with E-state index >= 15 is 0 Å². The summed E-state index contributed by atoms with van der Waals surface area (Å²) in [6.45, 7) is 4.36. The smallest absolute Gasteiger partial charge is 0.237 e. The van der Waals surface area contributed by atoms with E-state index in [1.807, 2.05) is 10.9 Å². The lowest BCUT2D eigenvalue weighted by Gasteiger charge is -2.44. The van der Waals surface area contributed by atoms with E-state index in [1.54, 1.807) is 28.6 Å². The molecule has 0 radical (unpaired) electrons. The first-order valence-corrected chi connectivity index (χ1v) is 12.6. The van der Waals surface area contributed by atoms with Crippen molar-refractivity contribution in [2.45, 2.75) is 62.4 Å². The SMILES string of the molecule is CC(C)c1ccc(-n2ncc3c2CC2CCCC3N2S(=O)(=O)c2ccc(Cl)cc2)cc1. The number of sulfonamides is 1.